The smallest absolute Gasteiger partial charge is 0.347 e. The number of methoxy groups -OCH3 is 1. The summed E-state index contributed by atoms with van der Waals surface area (Å²) < 4.78 is 9.65. The second kappa shape index (κ2) is 5.10. The predicted octanol–water partition coefficient (Wildman–Crippen LogP) is 1.74. The minimum absolute atomic E-state index is 0.0694. The van der Waals surface area contributed by atoms with E-state index in [1.807, 2.05) is 0 Å². The number of esters is 1. The Hall–Kier alpha value is -2.01. The minimum Gasteiger partial charge on any atom is -0.470 e. The van der Waals surface area contributed by atoms with E-state index in [2.05, 4.69) is 10.1 Å². The fraction of sp³-hybridized carbons (Fsp3) is 0.167. The first-order valence-electron chi connectivity index (χ1n) is 5.13. The first-order chi connectivity index (χ1) is 8.63. The largest absolute Gasteiger partial charge is 0.470 e. The minimum atomic E-state index is -0.730. The van der Waals surface area contributed by atoms with Crippen LogP contribution < -0.4 is 5.32 Å². The van der Waals surface area contributed by atoms with Crippen molar-refractivity contribution in [2.24, 2.45) is 0 Å². The number of ketones is 1. The molecule has 6 heteroatoms. The Bertz CT molecular complexity index is 539. The molecule has 0 unspecified atom stereocenters. The van der Waals surface area contributed by atoms with Crippen LogP contribution in [0.1, 0.15) is 0 Å². The van der Waals surface area contributed by atoms with Crippen molar-refractivity contribution in [2.45, 2.75) is 0 Å². The number of hydrogen-bond acceptors (Lipinski definition) is 5. The number of benzene rings is 1. The van der Waals surface area contributed by atoms with Crippen molar-refractivity contribution in [3.05, 3.63) is 40.7 Å². The van der Waals surface area contributed by atoms with Gasteiger partial charge in [-0.3, -0.25) is 4.79 Å². The Morgan fingerprint density at radius 2 is 2.17 bits per heavy atom. The van der Waals surface area contributed by atoms with Crippen LogP contribution in [0.15, 0.2) is 35.7 Å². The first-order valence-corrected chi connectivity index (χ1v) is 5.51. The van der Waals surface area contributed by atoms with Gasteiger partial charge in [0.2, 0.25) is 11.7 Å². The Balaban J connectivity index is 2.32. The van der Waals surface area contributed by atoms with E-state index >= 15 is 0 Å². The highest BCUT2D eigenvalue weighted by molar-refractivity contribution is 6.33. The van der Waals surface area contributed by atoms with Gasteiger partial charge in [-0.25, -0.2) is 4.79 Å². The zero-order valence-electron chi connectivity index (χ0n) is 9.53. The third kappa shape index (κ3) is 2.31. The lowest BCUT2D eigenvalue weighted by molar-refractivity contribution is -0.137. The van der Waals surface area contributed by atoms with Gasteiger partial charge in [-0.2, -0.15) is 0 Å². The van der Waals surface area contributed by atoms with Crippen molar-refractivity contribution in [2.75, 3.05) is 19.0 Å². The zero-order valence-corrected chi connectivity index (χ0v) is 10.3. The molecule has 0 atom stereocenters. The highest BCUT2D eigenvalue weighted by atomic mass is 35.5. The van der Waals surface area contributed by atoms with Crippen LogP contribution in [0.2, 0.25) is 5.02 Å². The molecule has 94 valence electrons. The lowest BCUT2D eigenvalue weighted by Crippen LogP contribution is -2.14. The Kier molecular flexibility index (Phi) is 3.53. The van der Waals surface area contributed by atoms with Gasteiger partial charge in [-0.05, 0) is 12.1 Å². The quantitative estimate of drug-likeness (QED) is 0.667. The highest BCUT2D eigenvalue weighted by Gasteiger charge is 2.32. The number of nitrogens with one attached hydrogen (secondary N) is 1. The second-order valence-corrected chi connectivity index (χ2v) is 3.92. The molecule has 0 bridgehead atoms. The standard InChI is InChI=1S/C12H10ClNO4/c1-17-12(16)10-9(15)6-18-11(10)14-8-5-3-2-4-7(8)13/h2-5,14H,6H2,1H3. The average molecular weight is 268 g/mol. The van der Waals surface area contributed by atoms with Crippen molar-refractivity contribution in [3.63, 3.8) is 0 Å². The van der Waals surface area contributed by atoms with E-state index in [4.69, 9.17) is 16.3 Å². The van der Waals surface area contributed by atoms with Crippen LogP contribution in [0, 0.1) is 0 Å². The van der Waals surface area contributed by atoms with E-state index in [-0.39, 0.29) is 18.1 Å². The summed E-state index contributed by atoms with van der Waals surface area (Å²) in [5.41, 5.74) is 0.419. The molecule has 1 aromatic rings. The van der Waals surface area contributed by atoms with Crippen LogP contribution in [0.4, 0.5) is 5.69 Å². The first kappa shape index (κ1) is 12.4. The average Bonchev–Trinajstić information content (AvgIpc) is 2.72. The van der Waals surface area contributed by atoms with Crippen molar-refractivity contribution in [1.29, 1.82) is 0 Å². The molecule has 5 nitrogen and oxygen atoms in total. The molecule has 0 radical (unpaired) electrons. The number of carbonyl (C=O) groups excluding carboxylic acids is 2. The third-order valence-electron chi connectivity index (χ3n) is 2.37. The number of ether oxygens (including phenoxy) is 2. The van der Waals surface area contributed by atoms with Gasteiger partial charge < -0.3 is 14.8 Å². The van der Waals surface area contributed by atoms with E-state index in [0.717, 1.165) is 0 Å². The van der Waals surface area contributed by atoms with E-state index in [1.165, 1.54) is 7.11 Å². The monoisotopic (exact) mass is 267 g/mol. The van der Waals surface area contributed by atoms with E-state index in [1.54, 1.807) is 24.3 Å². The van der Waals surface area contributed by atoms with Gasteiger partial charge in [0.15, 0.2) is 12.2 Å². The molecule has 18 heavy (non-hydrogen) atoms. The van der Waals surface area contributed by atoms with Crippen LogP contribution in [0.3, 0.4) is 0 Å². The topological polar surface area (TPSA) is 64.6 Å². The summed E-state index contributed by atoms with van der Waals surface area (Å²) in [6.45, 7) is -0.183. The maximum atomic E-state index is 11.5. The number of para-hydroxylation sites is 1. The number of halogens is 1. The molecular formula is C12H10ClNO4. The van der Waals surface area contributed by atoms with Gasteiger partial charge in [0.25, 0.3) is 0 Å². The Morgan fingerprint density at radius 1 is 1.44 bits per heavy atom. The third-order valence-corrected chi connectivity index (χ3v) is 2.69. The second-order valence-electron chi connectivity index (χ2n) is 3.51. The molecule has 1 aliphatic heterocycles. The molecule has 1 heterocycles. The SMILES string of the molecule is COC(=O)C1=C(Nc2ccccc2Cl)OCC1=O. The number of anilines is 1. The number of rotatable bonds is 3. The Labute approximate surface area is 108 Å². The summed E-state index contributed by atoms with van der Waals surface area (Å²) in [7, 11) is 1.20. The summed E-state index contributed by atoms with van der Waals surface area (Å²) >= 11 is 5.96. The lowest BCUT2D eigenvalue weighted by Gasteiger charge is -2.09. The van der Waals surface area contributed by atoms with E-state index in [0.29, 0.717) is 10.7 Å². The maximum absolute atomic E-state index is 11.5. The van der Waals surface area contributed by atoms with E-state index < -0.39 is 11.8 Å². The van der Waals surface area contributed by atoms with Gasteiger partial charge in [0, 0.05) is 0 Å². The summed E-state index contributed by atoms with van der Waals surface area (Å²) in [5, 5.41) is 3.26. The van der Waals surface area contributed by atoms with E-state index in [9.17, 15) is 9.59 Å². The van der Waals surface area contributed by atoms with Gasteiger partial charge in [-0.15, -0.1) is 0 Å². The number of Topliss-reactive ketones (excluding diaryl/α,β-unsaturated/α-hetero) is 1. The summed E-state index contributed by atoms with van der Waals surface area (Å²) in [6.07, 6.45) is 0. The fourth-order valence-electron chi connectivity index (χ4n) is 1.50. The molecule has 0 saturated carbocycles. The molecule has 1 aliphatic rings. The molecule has 1 N–H and O–H groups in total. The molecule has 0 spiro atoms. The van der Waals surface area contributed by atoms with Crippen molar-refractivity contribution in [1.82, 2.24) is 0 Å². The molecule has 0 saturated heterocycles. The summed E-state index contributed by atoms with van der Waals surface area (Å²) in [4.78, 5) is 23.0. The summed E-state index contributed by atoms with van der Waals surface area (Å²) in [5.74, 6) is -1.08. The van der Waals surface area contributed by atoms with Crippen LogP contribution in [0.25, 0.3) is 0 Å². The van der Waals surface area contributed by atoms with Gasteiger partial charge in [0.1, 0.15) is 0 Å². The molecule has 0 aromatic heterocycles. The number of carbonyl (C=O) groups is 2. The van der Waals surface area contributed by atoms with Crippen molar-refractivity contribution < 1.29 is 19.1 Å². The molecular weight excluding hydrogens is 258 g/mol. The van der Waals surface area contributed by atoms with Crippen LogP contribution in [0.5, 0.6) is 0 Å². The van der Waals surface area contributed by atoms with Gasteiger partial charge >= 0.3 is 5.97 Å². The van der Waals surface area contributed by atoms with Crippen LogP contribution in [-0.2, 0) is 19.1 Å². The normalized spacial score (nSPS) is 14.4. The molecule has 0 fully saturated rings. The summed E-state index contributed by atoms with van der Waals surface area (Å²) in [6, 6.07) is 6.92. The molecule has 0 aliphatic carbocycles. The molecule has 0 amide bonds. The number of hydrogen-bond donors (Lipinski definition) is 1. The van der Waals surface area contributed by atoms with Gasteiger partial charge in [-0.1, -0.05) is 23.7 Å². The predicted molar refractivity (Wildman–Crippen MR) is 65.1 cm³/mol. The van der Waals surface area contributed by atoms with Crippen molar-refractivity contribution in [3.8, 4) is 0 Å². The van der Waals surface area contributed by atoms with Crippen LogP contribution in [-0.4, -0.2) is 25.5 Å². The van der Waals surface area contributed by atoms with Crippen molar-refractivity contribution >= 4 is 29.0 Å². The highest BCUT2D eigenvalue weighted by Crippen LogP contribution is 2.25. The maximum Gasteiger partial charge on any atom is 0.347 e. The molecule has 1 aromatic carbocycles. The fourth-order valence-corrected chi connectivity index (χ4v) is 1.68. The van der Waals surface area contributed by atoms with Gasteiger partial charge in [0.05, 0.1) is 17.8 Å². The Morgan fingerprint density at radius 3 is 2.83 bits per heavy atom. The zero-order chi connectivity index (χ0) is 13.1. The van der Waals surface area contributed by atoms with Crippen LogP contribution >= 0.6 is 11.6 Å². The lowest BCUT2D eigenvalue weighted by atomic mass is 10.2. The molecule has 2 rings (SSSR count).